The molecule has 38 heavy (non-hydrogen) atoms. The van der Waals surface area contributed by atoms with Gasteiger partial charge in [-0.25, -0.2) is 14.7 Å². The van der Waals surface area contributed by atoms with Gasteiger partial charge < -0.3 is 24.5 Å². The topological polar surface area (TPSA) is 133 Å². The number of rotatable bonds is 6. The molecule has 0 spiro atoms. The van der Waals surface area contributed by atoms with Crippen LogP contribution in [-0.4, -0.2) is 71.2 Å². The predicted molar refractivity (Wildman–Crippen MR) is 143 cm³/mol. The largest absolute Gasteiger partial charge is 0.497 e. The number of piperidine rings is 1. The van der Waals surface area contributed by atoms with Gasteiger partial charge in [0.2, 0.25) is 5.88 Å². The second-order valence-electron chi connectivity index (χ2n) is 10.1. The van der Waals surface area contributed by atoms with Gasteiger partial charge in [-0.05, 0) is 62.8 Å². The van der Waals surface area contributed by atoms with Crippen molar-refractivity contribution in [2.75, 3.05) is 25.1 Å². The van der Waals surface area contributed by atoms with E-state index in [1.54, 1.807) is 7.11 Å². The Balaban J connectivity index is 0.996. The number of hydrogen-bond acceptors (Lipinski definition) is 8. The van der Waals surface area contributed by atoms with Gasteiger partial charge >= 0.3 is 10.2 Å². The molecule has 1 saturated heterocycles. The lowest BCUT2D eigenvalue weighted by Gasteiger charge is -2.37. The van der Waals surface area contributed by atoms with Gasteiger partial charge in [-0.3, -0.25) is 4.31 Å². The molecular formula is C26H32N6O5S. The van der Waals surface area contributed by atoms with E-state index in [9.17, 15) is 13.5 Å². The van der Waals surface area contributed by atoms with Gasteiger partial charge in [0.1, 0.15) is 17.4 Å². The zero-order valence-electron chi connectivity index (χ0n) is 21.2. The van der Waals surface area contributed by atoms with E-state index >= 15 is 0 Å². The molecule has 4 heterocycles. The molecule has 0 amide bonds. The Morgan fingerprint density at radius 2 is 1.79 bits per heavy atom. The average Bonchev–Trinajstić information content (AvgIpc) is 3.48. The fourth-order valence-electron chi connectivity index (χ4n) is 5.60. The summed E-state index contributed by atoms with van der Waals surface area (Å²) in [6.07, 6.45) is 8.35. The number of aliphatic hydroxyl groups is 1. The number of hydrogen-bond donors (Lipinski definition) is 3. The number of pyridine rings is 1. The van der Waals surface area contributed by atoms with Crippen molar-refractivity contribution in [3.8, 4) is 17.1 Å². The van der Waals surface area contributed by atoms with E-state index in [4.69, 9.17) is 14.5 Å². The fraction of sp³-hybridized carbons (Fsp3) is 0.462. The van der Waals surface area contributed by atoms with Crippen LogP contribution in [0.5, 0.6) is 5.75 Å². The molecule has 3 N–H and O–H groups in total. The molecule has 202 valence electrons. The van der Waals surface area contributed by atoms with Crippen molar-refractivity contribution < 1.29 is 23.0 Å². The van der Waals surface area contributed by atoms with Gasteiger partial charge in [0.25, 0.3) is 0 Å². The van der Waals surface area contributed by atoms with Crippen LogP contribution in [0.2, 0.25) is 0 Å². The first-order valence-electron chi connectivity index (χ1n) is 13.0. The van der Waals surface area contributed by atoms with Crippen LogP contribution < -0.4 is 14.4 Å². The molecule has 1 saturated carbocycles. The number of H-pyrrole nitrogens is 1. The molecule has 11 nitrogen and oxygen atoms in total. The molecule has 3 aromatic rings. The van der Waals surface area contributed by atoms with Crippen LogP contribution in [-0.2, 0) is 14.9 Å². The van der Waals surface area contributed by atoms with Crippen molar-refractivity contribution >= 4 is 27.1 Å². The lowest BCUT2D eigenvalue weighted by Crippen LogP contribution is -2.42. The number of benzene rings is 1. The number of aliphatic hydroxyl groups excluding tert-OH is 1. The number of nitrogens with one attached hydrogen (secondary N) is 2. The predicted octanol–water partition coefficient (Wildman–Crippen LogP) is 3.44. The minimum Gasteiger partial charge on any atom is -0.497 e. The van der Waals surface area contributed by atoms with Crippen molar-refractivity contribution in [2.45, 2.75) is 56.8 Å². The van der Waals surface area contributed by atoms with E-state index in [1.807, 2.05) is 36.5 Å². The Morgan fingerprint density at radius 1 is 1.03 bits per heavy atom. The highest BCUT2D eigenvalue weighted by molar-refractivity contribution is 7.87. The zero-order valence-corrected chi connectivity index (χ0v) is 22.0. The molecule has 12 heteroatoms. The minimum atomic E-state index is -3.66. The van der Waals surface area contributed by atoms with Crippen LogP contribution in [0.25, 0.3) is 22.4 Å². The normalized spacial score (nSPS) is 23.9. The second kappa shape index (κ2) is 9.99. The van der Waals surface area contributed by atoms with Gasteiger partial charge in [-0.2, -0.15) is 8.42 Å². The Labute approximate surface area is 221 Å². The number of methoxy groups -OCH3 is 1. The number of ether oxygens (including phenoxy) is 2. The van der Waals surface area contributed by atoms with E-state index in [-0.39, 0.29) is 24.1 Å². The summed E-state index contributed by atoms with van der Waals surface area (Å²) in [4.78, 5) is 15.0. The van der Waals surface area contributed by atoms with E-state index in [0.29, 0.717) is 12.8 Å². The summed E-state index contributed by atoms with van der Waals surface area (Å²) in [5, 5.41) is 9.54. The first kappa shape index (κ1) is 24.8. The van der Waals surface area contributed by atoms with E-state index in [0.717, 1.165) is 72.8 Å². The van der Waals surface area contributed by atoms with Gasteiger partial charge in [-0.1, -0.05) is 0 Å². The van der Waals surface area contributed by atoms with E-state index in [2.05, 4.69) is 19.6 Å². The van der Waals surface area contributed by atoms with Gasteiger partial charge in [0.15, 0.2) is 0 Å². The molecule has 0 unspecified atom stereocenters. The summed E-state index contributed by atoms with van der Waals surface area (Å²) < 4.78 is 39.3. The van der Waals surface area contributed by atoms with Crippen LogP contribution >= 0.6 is 0 Å². The third-order valence-corrected chi connectivity index (χ3v) is 9.05. The summed E-state index contributed by atoms with van der Waals surface area (Å²) in [5.41, 5.74) is 2.74. The van der Waals surface area contributed by atoms with Crippen LogP contribution in [0, 0.1) is 0 Å². The first-order chi connectivity index (χ1) is 18.4. The molecule has 0 radical (unpaired) electrons. The fourth-order valence-corrected chi connectivity index (χ4v) is 6.86. The van der Waals surface area contributed by atoms with Crippen molar-refractivity contribution in [3.63, 3.8) is 0 Å². The summed E-state index contributed by atoms with van der Waals surface area (Å²) in [6.45, 7) is 1.75. The third kappa shape index (κ3) is 4.97. The molecule has 0 atom stereocenters. The lowest BCUT2D eigenvalue weighted by atomic mass is 9.92. The highest BCUT2D eigenvalue weighted by atomic mass is 32.2. The number of nitrogens with zero attached hydrogens (tertiary/aromatic N) is 4. The van der Waals surface area contributed by atoms with Crippen molar-refractivity contribution in [3.05, 3.63) is 48.6 Å². The second-order valence-corrected chi connectivity index (χ2v) is 11.7. The highest BCUT2D eigenvalue weighted by Gasteiger charge is 2.36. The molecule has 1 aromatic carbocycles. The van der Waals surface area contributed by atoms with Crippen molar-refractivity contribution in [1.82, 2.24) is 24.0 Å². The number of aromatic nitrogens is 3. The Bertz CT molecular complexity index is 1420. The molecule has 6 rings (SSSR count). The molecule has 2 aliphatic heterocycles. The maximum atomic E-state index is 12.1. The molecule has 2 aromatic heterocycles. The maximum absolute atomic E-state index is 12.1. The Hall–Kier alpha value is -3.51. The third-order valence-electron chi connectivity index (χ3n) is 7.63. The summed E-state index contributed by atoms with van der Waals surface area (Å²) in [5.74, 6) is 2.19. The van der Waals surface area contributed by atoms with Crippen LogP contribution in [0.3, 0.4) is 0 Å². The number of anilines is 1. The molecule has 0 bridgehead atoms. The molecule has 3 aliphatic rings. The minimum absolute atomic E-state index is 0.139. The monoisotopic (exact) mass is 540 g/mol. The molecular weight excluding hydrogens is 508 g/mol. The quantitative estimate of drug-likeness (QED) is 0.433. The van der Waals surface area contributed by atoms with Gasteiger partial charge in [-0.15, -0.1) is 0 Å². The van der Waals surface area contributed by atoms with Crippen molar-refractivity contribution in [1.29, 1.82) is 0 Å². The molecule has 2 fully saturated rings. The Kier molecular flexibility index (Phi) is 6.52. The van der Waals surface area contributed by atoms with Crippen molar-refractivity contribution in [2.24, 2.45) is 0 Å². The summed E-state index contributed by atoms with van der Waals surface area (Å²) in [6, 6.07) is 9.71. The SMILES string of the molecule is COc1ccc2nc(-c3ccc(N4CCC(OC5CCC(N6C=C(O)NS6(=O)=O)CC5)CC4)nc3)[nH]c2c1. The molecule has 1 aliphatic carbocycles. The van der Waals surface area contributed by atoms with E-state index < -0.39 is 10.2 Å². The summed E-state index contributed by atoms with van der Waals surface area (Å²) >= 11 is 0. The van der Waals surface area contributed by atoms with Crippen LogP contribution in [0.1, 0.15) is 38.5 Å². The lowest BCUT2D eigenvalue weighted by molar-refractivity contribution is -0.0449. The van der Waals surface area contributed by atoms with Crippen LogP contribution in [0.15, 0.2) is 48.6 Å². The van der Waals surface area contributed by atoms with Crippen LogP contribution in [0.4, 0.5) is 5.82 Å². The van der Waals surface area contributed by atoms with Gasteiger partial charge in [0.05, 0.1) is 36.6 Å². The van der Waals surface area contributed by atoms with Gasteiger partial charge in [0, 0.05) is 37.0 Å². The standard InChI is InChI=1S/C26H32N6O5S/c1-36-21-7-8-22-23(14-21)29-26(28-22)17-2-9-24(27-15-17)31-12-10-20(11-13-31)37-19-5-3-18(4-6-19)32-16-25(33)30-38(32,34)35/h2,7-9,14-16,18-20,30,33H,3-6,10-13H2,1H3,(H,28,29). The first-order valence-corrected chi connectivity index (χ1v) is 14.4. The highest BCUT2D eigenvalue weighted by Crippen LogP contribution is 2.31. The van der Waals surface area contributed by atoms with E-state index in [1.165, 1.54) is 10.5 Å². The number of fused-ring (bicyclic) bond motifs is 1. The number of aromatic amines is 1. The zero-order chi connectivity index (χ0) is 26.3. The number of imidazole rings is 1. The summed E-state index contributed by atoms with van der Waals surface area (Å²) in [7, 11) is -2.01. The average molecular weight is 541 g/mol. The maximum Gasteiger partial charge on any atom is 0.326 e. The Morgan fingerprint density at radius 3 is 2.45 bits per heavy atom. The smallest absolute Gasteiger partial charge is 0.326 e.